The molecule has 96 valence electrons. The van der Waals surface area contributed by atoms with Crippen molar-refractivity contribution in [3.8, 4) is 0 Å². The number of rotatable bonds is 1. The molecule has 0 saturated heterocycles. The Bertz CT molecular complexity index is 498. The molecule has 1 fully saturated rings. The molecule has 2 atom stereocenters. The predicted molar refractivity (Wildman–Crippen MR) is 55.9 cm³/mol. The lowest BCUT2D eigenvalue weighted by atomic mass is 10.1. The second-order valence-electron chi connectivity index (χ2n) is 3.63. The van der Waals surface area contributed by atoms with E-state index in [4.69, 9.17) is 23.3 Å². The van der Waals surface area contributed by atoms with Crippen molar-refractivity contribution in [2.45, 2.75) is 18.4 Å². The minimum Gasteiger partial charge on any atom is -0.327 e. The monoisotopic (exact) mass is 267 g/mol. The largest absolute Gasteiger partial charge is 0.394 e. The molecule has 5 nitrogen and oxygen atoms in total. The van der Waals surface area contributed by atoms with Gasteiger partial charge in [0.2, 0.25) is 0 Å². The highest BCUT2D eigenvalue weighted by Gasteiger charge is 2.35. The third kappa shape index (κ3) is 5.18. The van der Waals surface area contributed by atoms with Gasteiger partial charge in [-0.25, -0.2) is 8.78 Å². The van der Waals surface area contributed by atoms with Gasteiger partial charge in [-0.15, -0.1) is 0 Å². The summed E-state index contributed by atoms with van der Waals surface area (Å²) < 4.78 is 56.7. The highest BCUT2D eigenvalue weighted by atomic mass is 32.3. The third-order valence-corrected chi connectivity index (χ3v) is 2.21. The molecule has 0 spiro atoms. The van der Waals surface area contributed by atoms with Gasteiger partial charge >= 0.3 is 10.4 Å². The first-order valence-corrected chi connectivity index (χ1v) is 5.98. The van der Waals surface area contributed by atoms with Crippen LogP contribution in [0.15, 0.2) is 18.2 Å². The molecule has 0 aromatic heterocycles. The molecule has 0 radical (unpaired) electrons. The minimum absolute atomic E-state index is 0.134. The van der Waals surface area contributed by atoms with Crippen molar-refractivity contribution in [3.63, 3.8) is 0 Å². The molecule has 0 aliphatic heterocycles. The number of hydrogen-bond donors (Lipinski definition) is 3. The van der Waals surface area contributed by atoms with Crippen molar-refractivity contribution in [2.24, 2.45) is 5.73 Å². The van der Waals surface area contributed by atoms with E-state index in [1.54, 1.807) is 6.07 Å². The molecule has 4 N–H and O–H groups in total. The number of hydrogen-bond acceptors (Lipinski definition) is 3. The van der Waals surface area contributed by atoms with E-state index < -0.39 is 22.0 Å². The Hall–Kier alpha value is -1.09. The summed E-state index contributed by atoms with van der Waals surface area (Å²) in [6.45, 7) is 0. The van der Waals surface area contributed by atoms with E-state index >= 15 is 0 Å². The van der Waals surface area contributed by atoms with Crippen LogP contribution in [0.4, 0.5) is 8.78 Å². The Kier molecular flexibility index (Phi) is 4.15. The average molecular weight is 267 g/mol. The van der Waals surface area contributed by atoms with Crippen molar-refractivity contribution < 1.29 is 26.3 Å². The summed E-state index contributed by atoms with van der Waals surface area (Å²) in [5.74, 6) is -1.35. The molecule has 0 bridgehead atoms. The normalized spacial score (nSPS) is 22.6. The predicted octanol–water partition coefficient (Wildman–Crippen LogP) is 1.13. The summed E-state index contributed by atoms with van der Waals surface area (Å²) in [4.78, 5) is 0. The molecule has 1 aliphatic rings. The van der Waals surface area contributed by atoms with Crippen LogP contribution in [0.2, 0.25) is 0 Å². The van der Waals surface area contributed by atoms with E-state index in [0.717, 1.165) is 18.1 Å². The highest BCUT2D eigenvalue weighted by Crippen LogP contribution is 2.39. The highest BCUT2D eigenvalue weighted by molar-refractivity contribution is 7.79. The zero-order valence-corrected chi connectivity index (χ0v) is 9.36. The second-order valence-corrected chi connectivity index (χ2v) is 4.52. The third-order valence-electron chi connectivity index (χ3n) is 2.21. The quantitative estimate of drug-likeness (QED) is 0.662. The van der Waals surface area contributed by atoms with Crippen LogP contribution in [0.1, 0.15) is 17.9 Å². The summed E-state index contributed by atoms with van der Waals surface area (Å²) in [6.07, 6.45) is 0.880. The van der Waals surface area contributed by atoms with Crippen molar-refractivity contribution in [1.82, 2.24) is 0 Å². The maximum atomic E-state index is 12.7. The van der Waals surface area contributed by atoms with Crippen molar-refractivity contribution in [2.75, 3.05) is 0 Å². The maximum absolute atomic E-state index is 12.7. The molecule has 1 aromatic rings. The Balaban J connectivity index is 0.000000249. The molecule has 1 aliphatic carbocycles. The molecule has 0 unspecified atom stereocenters. The first kappa shape index (κ1) is 14.0. The molecular weight excluding hydrogens is 256 g/mol. The lowest BCUT2D eigenvalue weighted by Gasteiger charge is -1.98. The van der Waals surface area contributed by atoms with Gasteiger partial charge in [-0.3, -0.25) is 9.11 Å². The fraction of sp³-hybridized carbons (Fsp3) is 0.333. The van der Waals surface area contributed by atoms with Gasteiger partial charge in [-0.2, -0.15) is 8.42 Å². The molecule has 0 heterocycles. The van der Waals surface area contributed by atoms with Crippen molar-refractivity contribution >= 4 is 10.4 Å². The van der Waals surface area contributed by atoms with Gasteiger partial charge in [0.15, 0.2) is 11.6 Å². The Morgan fingerprint density at radius 2 is 1.71 bits per heavy atom. The van der Waals surface area contributed by atoms with Gasteiger partial charge in [-0.05, 0) is 24.1 Å². The maximum Gasteiger partial charge on any atom is 0.394 e. The summed E-state index contributed by atoms with van der Waals surface area (Å²) in [5.41, 5.74) is 6.38. The van der Waals surface area contributed by atoms with Crippen LogP contribution in [0, 0.1) is 11.6 Å². The summed E-state index contributed by atoms with van der Waals surface area (Å²) in [7, 11) is -4.67. The fourth-order valence-electron chi connectivity index (χ4n) is 1.34. The van der Waals surface area contributed by atoms with E-state index in [9.17, 15) is 8.78 Å². The average Bonchev–Trinajstić information content (AvgIpc) is 2.85. The van der Waals surface area contributed by atoms with Crippen LogP contribution in [-0.2, 0) is 10.4 Å². The van der Waals surface area contributed by atoms with Crippen LogP contribution in [-0.4, -0.2) is 23.6 Å². The van der Waals surface area contributed by atoms with Crippen LogP contribution < -0.4 is 5.73 Å². The summed E-state index contributed by atoms with van der Waals surface area (Å²) >= 11 is 0. The first-order chi connectivity index (χ1) is 7.68. The molecular formula is C9H11F2NO4S. The van der Waals surface area contributed by atoms with E-state index in [1.165, 1.54) is 6.07 Å². The van der Waals surface area contributed by atoms with Crippen LogP contribution in [0.3, 0.4) is 0 Å². The molecule has 0 amide bonds. The standard InChI is InChI=1S/C9H9F2N.H2O4S/c10-7-2-1-5(3-8(7)11)6-4-9(6)12;1-5(2,3)4/h1-3,6,9H,4,12H2;(H2,1,2,3,4)/t6-,9+;/m0./s1. The zero-order valence-electron chi connectivity index (χ0n) is 8.55. The van der Waals surface area contributed by atoms with Gasteiger partial charge in [0.05, 0.1) is 0 Å². The number of benzene rings is 1. The van der Waals surface area contributed by atoms with Gasteiger partial charge in [-0.1, -0.05) is 6.07 Å². The summed E-state index contributed by atoms with van der Waals surface area (Å²) in [5, 5.41) is 0. The minimum atomic E-state index is -4.67. The second kappa shape index (κ2) is 5.05. The first-order valence-electron chi connectivity index (χ1n) is 4.59. The molecule has 2 rings (SSSR count). The molecule has 17 heavy (non-hydrogen) atoms. The zero-order chi connectivity index (χ0) is 13.2. The van der Waals surface area contributed by atoms with Gasteiger partial charge < -0.3 is 5.73 Å². The van der Waals surface area contributed by atoms with E-state index in [-0.39, 0.29) is 12.0 Å². The fourth-order valence-corrected chi connectivity index (χ4v) is 1.34. The van der Waals surface area contributed by atoms with E-state index in [1.807, 2.05) is 0 Å². The van der Waals surface area contributed by atoms with Crippen LogP contribution in [0.5, 0.6) is 0 Å². The van der Waals surface area contributed by atoms with Gasteiger partial charge in [0.1, 0.15) is 0 Å². The van der Waals surface area contributed by atoms with E-state index in [0.29, 0.717) is 0 Å². The van der Waals surface area contributed by atoms with Crippen LogP contribution in [0.25, 0.3) is 0 Å². The molecule has 1 aromatic carbocycles. The topological polar surface area (TPSA) is 101 Å². The van der Waals surface area contributed by atoms with E-state index in [2.05, 4.69) is 0 Å². The summed E-state index contributed by atoms with van der Waals surface area (Å²) in [6, 6.07) is 4.10. The Labute approximate surface area is 96.8 Å². The smallest absolute Gasteiger partial charge is 0.327 e. The Morgan fingerprint density at radius 1 is 1.24 bits per heavy atom. The van der Waals surface area contributed by atoms with Gasteiger partial charge in [0, 0.05) is 12.0 Å². The lowest BCUT2D eigenvalue weighted by Crippen LogP contribution is -2.01. The van der Waals surface area contributed by atoms with Crippen molar-refractivity contribution in [1.29, 1.82) is 0 Å². The SMILES string of the molecule is N[C@@H]1C[C@H]1c1ccc(F)c(F)c1.O=S(=O)(O)O. The van der Waals surface area contributed by atoms with Crippen LogP contribution >= 0.6 is 0 Å². The molecule has 8 heteroatoms. The van der Waals surface area contributed by atoms with Crippen molar-refractivity contribution in [3.05, 3.63) is 35.4 Å². The Morgan fingerprint density at radius 3 is 2.06 bits per heavy atom. The number of nitrogens with two attached hydrogens (primary N) is 1. The number of halogens is 2. The lowest BCUT2D eigenvalue weighted by molar-refractivity contribution is 0.381. The van der Waals surface area contributed by atoms with Gasteiger partial charge in [0.25, 0.3) is 0 Å². The molecule has 1 saturated carbocycles.